The molecule has 0 bridgehead atoms. The quantitative estimate of drug-likeness (QED) is 0.866. The van der Waals surface area contributed by atoms with Gasteiger partial charge in [0.2, 0.25) is 5.91 Å². The number of anilines is 1. The average Bonchev–Trinajstić information content (AvgIpc) is 2.93. The summed E-state index contributed by atoms with van der Waals surface area (Å²) >= 11 is 0. The number of carbonyl (C=O) groups is 2. The highest BCUT2D eigenvalue weighted by atomic mass is 16.5. The van der Waals surface area contributed by atoms with Gasteiger partial charge in [0.25, 0.3) is 0 Å². The van der Waals surface area contributed by atoms with Crippen molar-refractivity contribution in [1.29, 1.82) is 0 Å². The molecule has 1 aromatic carbocycles. The summed E-state index contributed by atoms with van der Waals surface area (Å²) in [6.45, 7) is 6.03. The predicted octanol–water partition coefficient (Wildman–Crippen LogP) is 2.38. The van der Waals surface area contributed by atoms with Gasteiger partial charge in [-0.1, -0.05) is 19.9 Å². The van der Waals surface area contributed by atoms with Crippen LogP contribution in [-0.2, 0) is 9.59 Å². The Kier molecular flexibility index (Phi) is 3.70. The monoisotopic (exact) mass is 277 g/mol. The highest BCUT2D eigenvalue weighted by Gasteiger charge is 2.65. The Bertz CT molecular complexity index is 538. The zero-order chi connectivity index (χ0) is 14.9. The molecule has 1 aliphatic carbocycles. The van der Waals surface area contributed by atoms with Gasteiger partial charge in [0.05, 0.1) is 18.4 Å². The van der Waals surface area contributed by atoms with Gasteiger partial charge < -0.3 is 15.2 Å². The number of amides is 1. The Labute approximate surface area is 117 Å². The predicted molar refractivity (Wildman–Crippen MR) is 74.6 cm³/mol. The van der Waals surface area contributed by atoms with E-state index in [9.17, 15) is 9.59 Å². The van der Waals surface area contributed by atoms with E-state index < -0.39 is 23.2 Å². The fourth-order valence-electron chi connectivity index (χ4n) is 2.64. The van der Waals surface area contributed by atoms with E-state index in [-0.39, 0.29) is 5.91 Å². The van der Waals surface area contributed by atoms with Crippen LogP contribution in [0.15, 0.2) is 24.3 Å². The molecular weight excluding hydrogens is 258 g/mol. The maximum Gasteiger partial charge on any atom is 0.307 e. The normalized spacial score (nSPS) is 22.9. The molecule has 2 atom stereocenters. The minimum atomic E-state index is -0.918. The van der Waals surface area contributed by atoms with Crippen LogP contribution in [-0.4, -0.2) is 23.6 Å². The molecule has 0 saturated heterocycles. The molecule has 2 rings (SSSR count). The Morgan fingerprint density at radius 1 is 1.35 bits per heavy atom. The molecule has 0 radical (unpaired) electrons. The summed E-state index contributed by atoms with van der Waals surface area (Å²) in [5.74, 6) is -1.60. The molecule has 1 aliphatic rings. The van der Waals surface area contributed by atoms with Crippen molar-refractivity contribution in [3.8, 4) is 5.75 Å². The summed E-state index contributed by atoms with van der Waals surface area (Å²) in [5, 5.41) is 11.8. The van der Waals surface area contributed by atoms with Crippen molar-refractivity contribution in [2.75, 3.05) is 11.9 Å². The molecule has 1 saturated carbocycles. The lowest BCUT2D eigenvalue weighted by Crippen LogP contribution is -2.17. The highest BCUT2D eigenvalue weighted by molar-refractivity contribution is 5.99. The van der Waals surface area contributed by atoms with Crippen molar-refractivity contribution in [3.05, 3.63) is 24.3 Å². The summed E-state index contributed by atoms with van der Waals surface area (Å²) in [7, 11) is 0. The van der Waals surface area contributed by atoms with Crippen molar-refractivity contribution in [2.45, 2.75) is 20.8 Å². The van der Waals surface area contributed by atoms with Gasteiger partial charge in [-0.25, -0.2) is 0 Å². The zero-order valence-corrected chi connectivity index (χ0v) is 11.8. The number of ether oxygens (including phenoxy) is 1. The van der Waals surface area contributed by atoms with E-state index in [1.54, 1.807) is 38.1 Å². The first kappa shape index (κ1) is 14.4. The van der Waals surface area contributed by atoms with Gasteiger partial charge in [0.15, 0.2) is 0 Å². The van der Waals surface area contributed by atoms with Gasteiger partial charge >= 0.3 is 5.97 Å². The fourth-order valence-corrected chi connectivity index (χ4v) is 2.64. The van der Waals surface area contributed by atoms with Crippen LogP contribution in [0.5, 0.6) is 5.75 Å². The Balaban J connectivity index is 2.06. The number of carbonyl (C=O) groups excluding carboxylic acids is 1. The molecule has 0 spiro atoms. The second-order valence-corrected chi connectivity index (χ2v) is 5.57. The van der Waals surface area contributed by atoms with Crippen molar-refractivity contribution in [1.82, 2.24) is 0 Å². The lowest BCUT2D eigenvalue weighted by molar-refractivity contribution is -0.140. The molecule has 20 heavy (non-hydrogen) atoms. The van der Waals surface area contributed by atoms with Crippen LogP contribution in [0.2, 0.25) is 0 Å². The second-order valence-electron chi connectivity index (χ2n) is 5.57. The first-order chi connectivity index (χ1) is 9.37. The summed E-state index contributed by atoms with van der Waals surface area (Å²) in [6.07, 6.45) is 0. The minimum Gasteiger partial charge on any atom is -0.494 e. The number of nitrogens with one attached hydrogen (secondary N) is 1. The topological polar surface area (TPSA) is 75.6 Å². The fraction of sp³-hybridized carbons (Fsp3) is 0.467. The molecule has 2 N–H and O–H groups in total. The maximum atomic E-state index is 12.2. The van der Waals surface area contributed by atoms with E-state index in [1.807, 2.05) is 6.92 Å². The molecule has 0 heterocycles. The first-order valence-corrected chi connectivity index (χ1v) is 6.64. The van der Waals surface area contributed by atoms with Crippen LogP contribution in [0.25, 0.3) is 0 Å². The zero-order valence-electron chi connectivity index (χ0n) is 11.8. The minimum absolute atomic E-state index is 0.254. The summed E-state index contributed by atoms with van der Waals surface area (Å²) in [4.78, 5) is 23.2. The molecular formula is C15H19NO4. The number of carboxylic acids is 1. The Morgan fingerprint density at radius 2 is 2.05 bits per heavy atom. The molecule has 0 aliphatic heterocycles. The Morgan fingerprint density at radius 3 is 2.60 bits per heavy atom. The van der Waals surface area contributed by atoms with Gasteiger partial charge in [-0.3, -0.25) is 9.59 Å². The summed E-state index contributed by atoms with van der Waals surface area (Å²) in [5.41, 5.74) is 0.126. The van der Waals surface area contributed by atoms with Crippen LogP contribution in [0.4, 0.5) is 5.69 Å². The number of rotatable bonds is 5. The molecule has 0 unspecified atom stereocenters. The smallest absolute Gasteiger partial charge is 0.307 e. The van der Waals surface area contributed by atoms with Crippen LogP contribution >= 0.6 is 0 Å². The standard InChI is InChI=1S/C15H19NO4/c1-4-20-10-7-5-6-9(8-10)16-13(17)11-12(14(18)19)15(11,2)3/h5-8,11-12H,4H2,1-3H3,(H,16,17)(H,18,19)/t11-,12+/m1/s1. The highest BCUT2D eigenvalue weighted by Crippen LogP contribution is 2.58. The second kappa shape index (κ2) is 5.15. The van der Waals surface area contributed by atoms with E-state index in [1.165, 1.54) is 0 Å². The van der Waals surface area contributed by atoms with Gasteiger partial charge in [-0.05, 0) is 24.5 Å². The van der Waals surface area contributed by atoms with Crippen LogP contribution < -0.4 is 10.1 Å². The summed E-state index contributed by atoms with van der Waals surface area (Å²) in [6, 6.07) is 7.08. The largest absolute Gasteiger partial charge is 0.494 e. The molecule has 1 aromatic rings. The lowest BCUT2D eigenvalue weighted by atomic mass is 10.1. The van der Waals surface area contributed by atoms with Crippen LogP contribution in [0.1, 0.15) is 20.8 Å². The summed E-state index contributed by atoms with van der Waals surface area (Å²) < 4.78 is 5.36. The number of benzene rings is 1. The lowest BCUT2D eigenvalue weighted by Gasteiger charge is -2.08. The van der Waals surface area contributed by atoms with E-state index in [0.717, 1.165) is 0 Å². The van der Waals surface area contributed by atoms with Crippen molar-refractivity contribution in [3.63, 3.8) is 0 Å². The Hall–Kier alpha value is -2.04. The molecule has 5 heteroatoms. The van der Waals surface area contributed by atoms with Gasteiger partial charge in [-0.2, -0.15) is 0 Å². The third kappa shape index (κ3) is 2.61. The third-order valence-electron chi connectivity index (χ3n) is 3.79. The van der Waals surface area contributed by atoms with Crippen LogP contribution in [0.3, 0.4) is 0 Å². The molecule has 0 aromatic heterocycles. The van der Waals surface area contributed by atoms with Gasteiger partial charge in [0, 0.05) is 11.8 Å². The number of carboxylic acid groups (broad SMARTS) is 1. The molecule has 108 valence electrons. The van der Waals surface area contributed by atoms with E-state index in [0.29, 0.717) is 18.0 Å². The average molecular weight is 277 g/mol. The van der Waals surface area contributed by atoms with E-state index in [2.05, 4.69) is 5.32 Å². The number of hydrogen-bond acceptors (Lipinski definition) is 3. The number of aliphatic carboxylic acids is 1. The van der Waals surface area contributed by atoms with Crippen molar-refractivity contribution >= 4 is 17.6 Å². The first-order valence-electron chi connectivity index (χ1n) is 6.64. The number of hydrogen-bond donors (Lipinski definition) is 2. The van der Waals surface area contributed by atoms with Gasteiger partial charge in [0.1, 0.15) is 5.75 Å². The molecule has 1 fully saturated rings. The SMILES string of the molecule is CCOc1cccc(NC(=O)[C@H]2[C@@H](C(=O)O)C2(C)C)c1. The molecule has 5 nitrogen and oxygen atoms in total. The van der Waals surface area contributed by atoms with Gasteiger partial charge in [-0.15, -0.1) is 0 Å². The molecule has 1 amide bonds. The van der Waals surface area contributed by atoms with Crippen molar-refractivity contribution < 1.29 is 19.4 Å². The van der Waals surface area contributed by atoms with E-state index in [4.69, 9.17) is 9.84 Å². The third-order valence-corrected chi connectivity index (χ3v) is 3.79. The van der Waals surface area contributed by atoms with E-state index >= 15 is 0 Å². The van der Waals surface area contributed by atoms with Crippen LogP contribution in [0, 0.1) is 17.3 Å². The maximum absolute atomic E-state index is 12.2. The van der Waals surface area contributed by atoms with Crippen molar-refractivity contribution in [2.24, 2.45) is 17.3 Å².